The van der Waals surface area contributed by atoms with Crippen LogP contribution in [0.2, 0.25) is 0 Å². The molecule has 10 heavy (non-hydrogen) atoms. The summed E-state index contributed by atoms with van der Waals surface area (Å²) in [7, 11) is -3.72. The van der Waals surface area contributed by atoms with Crippen molar-refractivity contribution in [3.05, 3.63) is 12.3 Å². The van der Waals surface area contributed by atoms with Crippen LogP contribution in [0.5, 0.6) is 0 Å². The SMILES string of the molecule is NS(=O)(=O)Nc1ccon1. The Bertz CT molecular complexity index is 289. The van der Waals surface area contributed by atoms with Gasteiger partial charge < -0.3 is 4.52 Å². The normalized spacial score (nSPS) is 11.3. The summed E-state index contributed by atoms with van der Waals surface area (Å²) in [6.45, 7) is 0. The summed E-state index contributed by atoms with van der Waals surface area (Å²) in [5.74, 6) is 0.0718. The molecule has 1 aromatic heterocycles. The number of hydrogen-bond donors (Lipinski definition) is 2. The van der Waals surface area contributed by atoms with Crippen LogP contribution >= 0.6 is 0 Å². The van der Waals surface area contributed by atoms with Gasteiger partial charge in [-0.2, -0.15) is 8.42 Å². The molecule has 0 unspecified atom stereocenters. The molecule has 0 bridgehead atoms. The summed E-state index contributed by atoms with van der Waals surface area (Å²) >= 11 is 0. The van der Waals surface area contributed by atoms with Crippen LogP contribution in [0.1, 0.15) is 0 Å². The summed E-state index contributed by atoms with van der Waals surface area (Å²) in [5, 5.41) is 7.86. The molecule has 0 saturated heterocycles. The lowest BCUT2D eigenvalue weighted by Crippen LogP contribution is -2.21. The zero-order valence-electron chi connectivity index (χ0n) is 4.81. The number of anilines is 1. The predicted octanol–water partition coefficient (Wildman–Crippen LogP) is -0.710. The van der Waals surface area contributed by atoms with E-state index in [1.165, 1.54) is 12.3 Å². The van der Waals surface area contributed by atoms with Crippen LogP contribution in [-0.4, -0.2) is 13.6 Å². The van der Waals surface area contributed by atoms with Crippen molar-refractivity contribution >= 4 is 16.0 Å². The summed E-state index contributed by atoms with van der Waals surface area (Å²) < 4.78 is 26.8. The molecule has 0 amide bonds. The fraction of sp³-hybridized carbons (Fsp3) is 0. The van der Waals surface area contributed by atoms with Crippen molar-refractivity contribution in [1.29, 1.82) is 0 Å². The molecular formula is C3H5N3O3S. The molecule has 1 aromatic rings. The van der Waals surface area contributed by atoms with Gasteiger partial charge in [0.05, 0.1) is 0 Å². The van der Waals surface area contributed by atoms with E-state index in [0.717, 1.165) is 0 Å². The first kappa shape index (κ1) is 7.03. The van der Waals surface area contributed by atoms with Crippen LogP contribution in [0.3, 0.4) is 0 Å². The van der Waals surface area contributed by atoms with E-state index in [-0.39, 0.29) is 5.82 Å². The lowest BCUT2D eigenvalue weighted by molar-refractivity contribution is 0.423. The lowest BCUT2D eigenvalue weighted by atomic mass is 10.7. The van der Waals surface area contributed by atoms with Crippen molar-refractivity contribution < 1.29 is 12.9 Å². The quantitative estimate of drug-likeness (QED) is 0.601. The fourth-order valence-electron chi connectivity index (χ4n) is 0.411. The lowest BCUT2D eigenvalue weighted by Gasteiger charge is -1.94. The van der Waals surface area contributed by atoms with Crippen molar-refractivity contribution in [2.75, 3.05) is 4.72 Å². The van der Waals surface area contributed by atoms with Gasteiger partial charge >= 0.3 is 0 Å². The standard InChI is InChI=1S/C3H5N3O3S/c4-10(7,8)6-3-1-2-9-5-3/h1-2H,(H,5,6)(H2,4,7,8). The van der Waals surface area contributed by atoms with Crippen LogP contribution in [0.25, 0.3) is 0 Å². The number of aromatic nitrogens is 1. The van der Waals surface area contributed by atoms with Crippen LogP contribution in [0.15, 0.2) is 16.9 Å². The Hall–Kier alpha value is -1.08. The molecule has 0 atom stereocenters. The molecule has 0 fully saturated rings. The molecule has 56 valence electrons. The Morgan fingerprint density at radius 2 is 2.40 bits per heavy atom. The molecule has 0 aliphatic carbocycles. The third-order valence-corrected chi connectivity index (χ3v) is 1.18. The van der Waals surface area contributed by atoms with E-state index in [0.29, 0.717) is 0 Å². The topological polar surface area (TPSA) is 98.2 Å². The van der Waals surface area contributed by atoms with Gasteiger partial charge in [-0.1, -0.05) is 5.16 Å². The van der Waals surface area contributed by atoms with Crippen molar-refractivity contribution in [2.24, 2.45) is 5.14 Å². The third kappa shape index (κ3) is 2.03. The van der Waals surface area contributed by atoms with Crippen molar-refractivity contribution in [1.82, 2.24) is 5.16 Å². The predicted molar refractivity (Wildman–Crippen MR) is 33.2 cm³/mol. The summed E-state index contributed by atoms with van der Waals surface area (Å²) in [5.41, 5.74) is 0. The molecular weight excluding hydrogens is 158 g/mol. The van der Waals surface area contributed by atoms with Crippen molar-refractivity contribution in [3.63, 3.8) is 0 Å². The minimum absolute atomic E-state index is 0.0718. The molecule has 0 radical (unpaired) electrons. The first-order chi connectivity index (χ1) is 4.58. The zero-order chi connectivity index (χ0) is 7.61. The first-order valence-electron chi connectivity index (χ1n) is 2.29. The monoisotopic (exact) mass is 163 g/mol. The minimum atomic E-state index is -3.72. The smallest absolute Gasteiger partial charge is 0.297 e. The molecule has 0 saturated carbocycles. The van der Waals surface area contributed by atoms with Crippen molar-refractivity contribution in [2.45, 2.75) is 0 Å². The second-order valence-corrected chi connectivity index (χ2v) is 2.83. The fourth-order valence-corrected chi connectivity index (χ4v) is 0.808. The van der Waals surface area contributed by atoms with Crippen LogP contribution < -0.4 is 9.86 Å². The van der Waals surface area contributed by atoms with Gasteiger partial charge in [-0.3, -0.25) is 4.72 Å². The van der Waals surface area contributed by atoms with Gasteiger partial charge in [0.15, 0.2) is 5.82 Å². The Morgan fingerprint density at radius 1 is 1.70 bits per heavy atom. The van der Waals surface area contributed by atoms with Gasteiger partial charge in [-0.15, -0.1) is 0 Å². The Morgan fingerprint density at radius 3 is 2.80 bits per heavy atom. The van der Waals surface area contributed by atoms with Gasteiger partial charge in [0.1, 0.15) is 6.26 Å². The molecule has 3 N–H and O–H groups in total. The number of nitrogens with zero attached hydrogens (tertiary/aromatic N) is 1. The molecule has 0 aromatic carbocycles. The number of nitrogens with one attached hydrogen (secondary N) is 1. The largest absolute Gasteiger partial charge is 0.363 e. The van der Waals surface area contributed by atoms with Gasteiger partial charge in [-0.05, 0) is 0 Å². The third-order valence-electron chi connectivity index (χ3n) is 0.685. The molecule has 0 aliphatic rings. The van der Waals surface area contributed by atoms with Gasteiger partial charge in [0, 0.05) is 6.07 Å². The maximum Gasteiger partial charge on any atom is 0.297 e. The van der Waals surface area contributed by atoms with E-state index in [2.05, 4.69) is 14.8 Å². The van der Waals surface area contributed by atoms with E-state index < -0.39 is 10.2 Å². The number of hydrogen-bond acceptors (Lipinski definition) is 4. The minimum Gasteiger partial charge on any atom is -0.363 e. The molecule has 7 heteroatoms. The highest BCUT2D eigenvalue weighted by molar-refractivity contribution is 7.90. The summed E-state index contributed by atoms with van der Waals surface area (Å²) in [6, 6.07) is 1.34. The van der Waals surface area contributed by atoms with E-state index in [4.69, 9.17) is 0 Å². The highest BCUT2D eigenvalue weighted by Gasteiger charge is 2.02. The second kappa shape index (κ2) is 2.27. The van der Waals surface area contributed by atoms with E-state index in [1.54, 1.807) is 0 Å². The van der Waals surface area contributed by atoms with Gasteiger partial charge in [0.25, 0.3) is 10.2 Å². The van der Waals surface area contributed by atoms with Gasteiger partial charge in [-0.25, -0.2) is 5.14 Å². The molecule has 0 aliphatic heterocycles. The number of nitrogens with two attached hydrogens (primary N) is 1. The van der Waals surface area contributed by atoms with Crippen LogP contribution in [0, 0.1) is 0 Å². The molecule has 1 rings (SSSR count). The first-order valence-corrected chi connectivity index (χ1v) is 3.83. The Kier molecular flexibility index (Phi) is 1.60. The van der Waals surface area contributed by atoms with Gasteiger partial charge in [0.2, 0.25) is 0 Å². The highest BCUT2D eigenvalue weighted by Crippen LogP contribution is 2.00. The zero-order valence-corrected chi connectivity index (χ0v) is 5.63. The average Bonchev–Trinajstić information content (AvgIpc) is 2.12. The summed E-state index contributed by atoms with van der Waals surface area (Å²) in [6.07, 6.45) is 1.23. The summed E-state index contributed by atoms with van der Waals surface area (Å²) in [4.78, 5) is 0. The number of rotatable bonds is 2. The van der Waals surface area contributed by atoms with Crippen molar-refractivity contribution in [3.8, 4) is 0 Å². The second-order valence-electron chi connectivity index (χ2n) is 1.53. The Balaban J connectivity index is 2.75. The molecule has 0 spiro atoms. The molecule has 6 nitrogen and oxygen atoms in total. The van der Waals surface area contributed by atoms with E-state index in [9.17, 15) is 8.42 Å². The maximum absolute atomic E-state index is 10.3. The maximum atomic E-state index is 10.3. The molecule has 1 heterocycles. The van der Waals surface area contributed by atoms with E-state index in [1.807, 2.05) is 4.72 Å². The Labute approximate surface area is 57.2 Å². The van der Waals surface area contributed by atoms with Crippen LogP contribution in [-0.2, 0) is 10.2 Å². The average molecular weight is 163 g/mol. The van der Waals surface area contributed by atoms with E-state index >= 15 is 0 Å². The highest BCUT2D eigenvalue weighted by atomic mass is 32.2. The van der Waals surface area contributed by atoms with Crippen LogP contribution in [0.4, 0.5) is 5.82 Å².